The van der Waals surface area contributed by atoms with Gasteiger partial charge in [-0.15, -0.1) is 0 Å². The zero-order valence-electron chi connectivity index (χ0n) is 10.1. The number of hydrogen-bond acceptors (Lipinski definition) is 6. The van der Waals surface area contributed by atoms with Gasteiger partial charge in [0, 0.05) is 5.56 Å². The number of esters is 1. The van der Waals surface area contributed by atoms with Gasteiger partial charge in [-0.05, 0) is 6.07 Å². The Balaban J connectivity index is 2.51. The summed E-state index contributed by atoms with van der Waals surface area (Å²) in [5.74, 6) is -0.680. The molecule has 19 heavy (non-hydrogen) atoms. The Morgan fingerprint density at radius 3 is 2.79 bits per heavy atom. The molecule has 0 bridgehead atoms. The van der Waals surface area contributed by atoms with Crippen molar-refractivity contribution in [3.05, 3.63) is 29.8 Å². The summed E-state index contributed by atoms with van der Waals surface area (Å²) in [4.78, 5) is 11.3. The second-order valence-corrected chi connectivity index (χ2v) is 5.80. The lowest BCUT2D eigenvalue weighted by molar-refractivity contribution is -0.140. The van der Waals surface area contributed by atoms with Crippen molar-refractivity contribution >= 4 is 21.7 Å². The van der Waals surface area contributed by atoms with E-state index in [-0.39, 0.29) is 17.2 Å². The molecule has 0 unspecified atom stereocenters. The molecule has 2 rings (SSSR count). The van der Waals surface area contributed by atoms with Crippen LogP contribution < -0.4 is 0 Å². The number of oxime groups is 1. The van der Waals surface area contributed by atoms with Crippen LogP contribution in [0.2, 0.25) is 0 Å². The highest BCUT2D eigenvalue weighted by Crippen LogP contribution is 2.26. The molecule has 0 saturated carbocycles. The second-order valence-electron chi connectivity index (χ2n) is 3.89. The van der Waals surface area contributed by atoms with Gasteiger partial charge in [0.1, 0.15) is 12.3 Å². The number of fused-ring (bicyclic) bond motifs is 1. The fourth-order valence-electron chi connectivity index (χ4n) is 1.84. The van der Waals surface area contributed by atoms with Gasteiger partial charge < -0.3 is 9.94 Å². The highest BCUT2D eigenvalue weighted by Gasteiger charge is 2.36. The highest BCUT2D eigenvalue weighted by atomic mass is 32.2. The molecule has 1 aliphatic heterocycles. The van der Waals surface area contributed by atoms with Gasteiger partial charge in [-0.3, -0.25) is 4.79 Å². The fraction of sp³-hybridized carbons (Fsp3) is 0.273. The van der Waals surface area contributed by atoms with Crippen LogP contribution in [0.1, 0.15) is 5.56 Å². The van der Waals surface area contributed by atoms with E-state index < -0.39 is 22.5 Å². The molecule has 0 aliphatic carbocycles. The topological polar surface area (TPSA) is 96.3 Å². The van der Waals surface area contributed by atoms with E-state index in [0.29, 0.717) is 5.56 Å². The van der Waals surface area contributed by atoms with Crippen LogP contribution in [0.4, 0.5) is 0 Å². The van der Waals surface area contributed by atoms with E-state index in [2.05, 4.69) is 9.89 Å². The van der Waals surface area contributed by atoms with Crippen molar-refractivity contribution < 1.29 is 23.2 Å². The summed E-state index contributed by atoms with van der Waals surface area (Å²) in [5.41, 5.74) is 0.528. The van der Waals surface area contributed by atoms with E-state index in [0.717, 1.165) is 4.31 Å². The average molecular weight is 284 g/mol. The maximum absolute atomic E-state index is 12.3. The van der Waals surface area contributed by atoms with Gasteiger partial charge in [-0.2, -0.15) is 4.31 Å². The lowest BCUT2D eigenvalue weighted by atomic mass is 10.1. The number of nitrogens with zero attached hydrogens (tertiary/aromatic N) is 2. The SMILES string of the molecule is COC(=O)CN1C/C(=N/O)c2ccccc2S1(=O)=O. The van der Waals surface area contributed by atoms with Crippen molar-refractivity contribution in [3.63, 3.8) is 0 Å². The van der Waals surface area contributed by atoms with Crippen LogP contribution in [0, 0.1) is 0 Å². The Bertz CT molecular complexity index is 638. The maximum Gasteiger partial charge on any atom is 0.321 e. The fourth-order valence-corrected chi connectivity index (χ4v) is 3.40. The van der Waals surface area contributed by atoms with Crippen molar-refractivity contribution in [1.29, 1.82) is 0 Å². The Kier molecular flexibility index (Phi) is 3.54. The number of carbonyl (C=O) groups is 1. The van der Waals surface area contributed by atoms with Crippen LogP contribution in [0.5, 0.6) is 0 Å². The third kappa shape index (κ3) is 2.32. The lowest BCUT2D eigenvalue weighted by Gasteiger charge is -2.27. The minimum atomic E-state index is -3.79. The summed E-state index contributed by atoms with van der Waals surface area (Å²) >= 11 is 0. The van der Waals surface area contributed by atoms with Gasteiger partial charge in [-0.25, -0.2) is 8.42 Å². The molecule has 0 fully saturated rings. The van der Waals surface area contributed by atoms with Crippen LogP contribution in [0.15, 0.2) is 34.3 Å². The van der Waals surface area contributed by atoms with Crippen molar-refractivity contribution in [1.82, 2.24) is 4.31 Å². The summed E-state index contributed by atoms with van der Waals surface area (Å²) in [6.45, 7) is -0.600. The van der Waals surface area contributed by atoms with E-state index in [1.54, 1.807) is 18.2 Å². The maximum atomic E-state index is 12.3. The zero-order chi connectivity index (χ0) is 14.0. The van der Waals surface area contributed by atoms with Crippen LogP contribution in [-0.4, -0.2) is 49.8 Å². The largest absolute Gasteiger partial charge is 0.468 e. The predicted molar refractivity (Wildman–Crippen MR) is 65.5 cm³/mol. The van der Waals surface area contributed by atoms with E-state index in [1.165, 1.54) is 13.2 Å². The van der Waals surface area contributed by atoms with E-state index in [9.17, 15) is 13.2 Å². The summed E-state index contributed by atoms with van der Waals surface area (Å²) in [7, 11) is -2.62. The summed E-state index contributed by atoms with van der Waals surface area (Å²) in [6, 6.07) is 6.17. The second kappa shape index (κ2) is 4.98. The smallest absolute Gasteiger partial charge is 0.321 e. The van der Waals surface area contributed by atoms with Crippen LogP contribution in [-0.2, 0) is 19.6 Å². The number of hydrogen-bond donors (Lipinski definition) is 1. The first-order valence-corrected chi connectivity index (χ1v) is 6.82. The summed E-state index contributed by atoms with van der Waals surface area (Å²) < 4.78 is 30.0. The van der Waals surface area contributed by atoms with Gasteiger partial charge in [0.2, 0.25) is 10.0 Å². The van der Waals surface area contributed by atoms with Crippen molar-refractivity contribution in [3.8, 4) is 0 Å². The quantitative estimate of drug-likeness (QED) is 0.470. The molecule has 8 heteroatoms. The molecule has 0 radical (unpaired) electrons. The Hall–Kier alpha value is -1.93. The molecule has 102 valence electrons. The molecule has 7 nitrogen and oxygen atoms in total. The molecule has 0 atom stereocenters. The summed E-state index contributed by atoms with van der Waals surface area (Å²) in [5, 5.41) is 12.1. The van der Waals surface area contributed by atoms with Crippen molar-refractivity contribution in [2.45, 2.75) is 4.90 Å². The van der Waals surface area contributed by atoms with Gasteiger partial charge >= 0.3 is 5.97 Å². The average Bonchev–Trinajstić information content (AvgIpc) is 2.42. The van der Waals surface area contributed by atoms with Gasteiger partial charge in [0.15, 0.2) is 0 Å². The molecular formula is C11H12N2O5S. The molecule has 0 spiro atoms. The van der Waals surface area contributed by atoms with Crippen LogP contribution >= 0.6 is 0 Å². The van der Waals surface area contributed by atoms with Crippen LogP contribution in [0.3, 0.4) is 0 Å². The molecule has 1 aliphatic rings. The summed E-state index contributed by atoms with van der Waals surface area (Å²) in [6.07, 6.45) is 0. The first kappa shape index (κ1) is 13.5. The number of ether oxygens (including phenoxy) is 1. The van der Waals surface area contributed by atoms with Crippen molar-refractivity contribution in [2.75, 3.05) is 20.2 Å². The minimum absolute atomic E-state index is 0.0120. The highest BCUT2D eigenvalue weighted by molar-refractivity contribution is 7.89. The number of benzene rings is 1. The Morgan fingerprint density at radius 2 is 2.16 bits per heavy atom. The molecule has 1 aromatic rings. The standard InChI is InChI=1S/C11H12N2O5S/c1-18-11(14)7-13-6-9(12-15)8-4-2-3-5-10(8)19(13,16)17/h2-5,15H,6-7H2,1H3/b12-9-. The number of methoxy groups -OCH3 is 1. The zero-order valence-corrected chi connectivity index (χ0v) is 10.9. The Morgan fingerprint density at radius 1 is 1.47 bits per heavy atom. The lowest BCUT2D eigenvalue weighted by Crippen LogP contribution is -2.44. The number of sulfonamides is 1. The molecular weight excluding hydrogens is 272 g/mol. The van der Waals surface area contributed by atoms with Gasteiger partial charge in [-0.1, -0.05) is 23.4 Å². The first-order valence-electron chi connectivity index (χ1n) is 5.38. The third-order valence-electron chi connectivity index (χ3n) is 2.80. The van der Waals surface area contributed by atoms with Crippen LogP contribution in [0.25, 0.3) is 0 Å². The van der Waals surface area contributed by atoms with Gasteiger partial charge in [0.05, 0.1) is 18.6 Å². The monoisotopic (exact) mass is 284 g/mol. The van der Waals surface area contributed by atoms with E-state index >= 15 is 0 Å². The molecule has 1 heterocycles. The molecule has 0 amide bonds. The van der Waals surface area contributed by atoms with Gasteiger partial charge in [0.25, 0.3) is 0 Å². The molecule has 1 aromatic carbocycles. The molecule has 0 saturated heterocycles. The van der Waals surface area contributed by atoms with Crippen molar-refractivity contribution in [2.24, 2.45) is 5.16 Å². The number of carbonyl (C=O) groups excluding carboxylic acids is 1. The normalized spacial score (nSPS) is 19.9. The first-order chi connectivity index (χ1) is 9.00. The third-order valence-corrected chi connectivity index (χ3v) is 4.65. The molecule has 1 N–H and O–H groups in total. The Labute approximate surface area is 110 Å². The van der Waals surface area contributed by atoms with E-state index in [4.69, 9.17) is 5.21 Å². The van der Waals surface area contributed by atoms with E-state index in [1.807, 2.05) is 0 Å². The number of rotatable bonds is 2. The molecule has 0 aromatic heterocycles. The minimum Gasteiger partial charge on any atom is -0.468 e. The predicted octanol–water partition coefficient (Wildman–Crippen LogP) is 0.0422.